The lowest BCUT2D eigenvalue weighted by Crippen LogP contribution is -2.38. The van der Waals surface area contributed by atoms with Crippen LogP contribution >= 0.6 is 0 Å². The number of nitrogens with zero attached hydrogens (tertiary/aromatic N) is 1. The van der Waals surface area contributed by atoms with Crippen molar-refractivity contribution in [2.24, 2.45) is 4.99 Å². The Morgan fingerprint density at radius 3 is 2.95 bits per heavy atom. The fourth-order valence-electron chi connectivity index (χ4n) is 2.12. The van der Waals surface area contributed by atoms with Crippen LogP contribution in [0.4, 0.5) is 0 Å². The molecule has 19 heavy (non-hydrogen) atoms. The molecule has 0 unspecified atom stereocenters. The predicted molar refractivity (Wildman–Crippen MR) is 79.3 cm³/mol. The molecule has 0 spiro atoms. The zero-order valence-electron chi connectivity index (χ0n) is 11.2. The topological polar surface area (TPSA) is 52.2 Å². The maximum Gasteiger partial charge on any atom is 0.191 e. The van der Waals surface area contributed by atoms with E-state index in [0.717, 1.165) is 18.2 Å². The largest absolute Gasteiger partial charge is 0.357 e. The minimum absolute atomic E-state index is 0.625. The summed E-state index contributed by atoms with van der Waals surface area (Å²) in [4.78, 5) is 8.02. The average molecular weight is 256 g/mol. The molecule has 4 heteroatoms. The summed E-state index contributed by atoms with van der Waals surface area (Å²) in [5.41, 5.74) is 2.32. The van der Waals surface area contributed by atoms with E-state index in [9.17, 15) is 0 Å². The Balaban J connectivity index is 1.71. The van der Waals surface area contributed by atoms with Gasteiger partial charge in [0.1, 0.15) is 0 Å². The van der Waals surface area contributed by atoms with E-state index in [4.69, 9.17) is 0 Å². The number of aromatic amines is 1. The highest BCUT2D eigenvalue weighted by Gasteiger charge is 2.21. The maximum atomic E-state index is 4.62. The fourth-order valence-corrected chi connectivity index (χ4v) is 2.12. The zero-order chi connectivity index (χ0) is 13.1. The van der Waals surface area contributed by atoms with E-state index in [0.29, 0.717) is 12.6 Å². The first-order chi connectivity index (χ1) is 9.35. The van der Waals surface area contributed by atoms with Crippen molar-refractivity contribution in [3.63, 3.8) is 0 Å². The van der Waals surface area contributed by atoms with E-state index in [-0.39, 0.29) is 0 Å². The monoisotopic (exact) mass is 256 g/mol. The van der Waals surface area contributed by atoms with Gasteiger partial charge in [-0.05, 0) is 37.3 Å². The summed E-state index contributed by atoms with van der Waals surface area (Å²) in [6, 6.07) is 11.1. The van der Waals surface area contributed by atoms with Crippen molar-refractivity contribution in [2.75, 3.05) is 6.54 Å². The number of nitrogens with one attached hydrogen (secondary N) is 3. The van der Waals surface area contributed by atoms with Crippen LogP contribution in [0.5, 0.6) is 0 Å². The molecule has 3 N–H and O–H groups in total. The molecule has 0 atom stereocenters. The Morgan fingerprint density at radius 1 is 1.37 bits per heavy atom. The smallest absolute Gasteiger partial charge is 0.191 e. The predicted octanol–water partition coefficient (Wildman–Crippen LogP) is 2.39. The molecule has 0 radical (unpaired) electrons. The van der Waals surface area contributed by atoms with E-state index in [1.165, 1.54) is 23.7 Å². The van der Waals surface area contributed by atoms with Crippen molar-refractivity contribution in [3.05, 3.63) is 36.0 Å². The minimum atomic E-state index is 0.625. The first kappa shape index (κ1) is 12.1. The highest BCUT2D eigenvalue weighted by atomic mass is 15.2. The highest BCUT2D eigenvalue weighted by molar-refractivity contribution is 5.81. The summed E-state index contributed by atoms with van der Waals surface area (Å²) >= 11 is 0. The molecule has 3 rings (SSSR count). The average Bonchev–Trinajstić information content (AvgIpc) is 3.13. The third-order valence-corrected chi connectivity index (χ3v) is 3.26. The standard InChI is InChI=1S/C15H20N4/c1-2-16-15(19-12-7-8-12)17-10-13-9-11-5-3-4-6-14(11)18-13/h3-6,9,12,18H,2,7-8,10H2,1H3,(H2,16,17,19). The molecule has 0 bridgehead atoms. The van der Waals surface area contributed by atoms with Gasteiger partial charge in [-0.2, -0.15) is 0 Å². The van der Waals surface area contributed by atoms with E-state index >= 15 is 0 Å². The maximum absolute atomic E-state index is 4.62. The molecule has 1 aromatic carbocycles. The summed E-state index contributed by atoms with van der Waals surface area (Å²) in [6.07, 6.45) is 2.52. The highest BCUT2D eigenvalue weighted by Crippen LogP contribution is 2.18. The van der Waals surface area contributed by atoms with Crippen molar-refractivity contribution < 1.29 is 0 Å². The van der Waals surface area contributed by atoms with Gasteiger partial charge in [-0.1, -0.05) is 18.2 Å². The third-order valence-electron chi connectivity index (χ3n) is 3.26. The third kappa shape index (κ3) is 3.08. The molecule has 0 aliphatic heterocycles. The van der Waals surface area contributed by atoms with Gasteiger partial charge in [0, 0.05) is 23.8 Å². The molecular formula is C15H20N4. The van der Waals surface area contributed by atoms with Gasteiger partial charge in [0.05, 0.1) is 6.54 Å². The van der Waals surface area contributed by atoms with Crippen molar-refractivity contribution in [2.45, 2.75) is 32.4 Å². The second-order valence-corrected chi connectivity index (χ2v) is 5.00. The van der Waals surface area contributed by atoms with Gasteiger partial charge >= 0.3 is 0 Å². The van der Waals surface area contributed by atoms with Gasteiger partial charge in [-0.15, -0.1) is 0 Å². The van der Waals surface area contributed by atoms with Gasteiger partial charge in [-0.3, -0.25) is 0 Å². The number of aliphatic imine (C=N–C) groups is 1. The van der Waals surface area contributed by atoms with Crippen LogP contribution in [0.25, 0.3) is 10.9 Å². The molecule has 0 saturated heterocycles. The molecule has 1 aromatic heterocycles. The Kier molecular flexibility index (Phi) is 3.40. The Hall–Kier alpha value is -1.97. The van der Waals surface area contributed by atoms with Crippen LogP contribution in [0.1, 0.15) is 25.5 Å². The summed E-state index contributed by atoms with van der Waals surface area (Å²) in [5.74, 6) is 0.920. The molecule has 1 aliphatic rings. The first-order valence-electron chi connectivity index (χ1n) is 6.96. The molecule has 1 saturated carbocycles. The van der Waals surface area contributed by atoms with E-state index < -0.39 is 0 Å². The molecule has 1 fully saturated rings. The van der Waals surface area contributed by atoms with E-state index in [1.807, 2.05) is 6.07 Å². The number of fused-ring (bicyclic) bond motifs is 1. The number of benzene rings is 1. The molecule has 1 heterocycles. The SMILES string of the molecule is CCNC(=NCc1cc2ccccc2[nH]1)NC1CC1. The number of para-hydroxylation sites is 1. The minimum Gasteiger partial charge on any atom is -0.357 e. The summed E-state index contributed by atoms with van der Waals surface area (Å²) in [6.45, 7) is 3.66. The van der Waals surface area contributed by atoms with Crippen LogP contribution in [-0.2, 0) is 6.54 Å². The first-order valence-corrected chi connectivity index (χ1v) is 6.96. The molecule has 1 aliphatic carbocycles. The number of guanidine groups is 1. The van der Waals surface area contributed by atoms with E-state index in [2.05, 4.69) is 51.8 Å². The van der Waals surface area contributed by atoms with Crippen LogP contribution in [0, 0.1) is 0 Å². The zero-order valence-corrected chi connectivity index (χ0v) is 11.2. The number of aromatic nitrogens is 1. The van der Waals surface area contributed by atoms with Gasteiger partial charge in [0.25, 0.3) is 0 Å². The summed E-state index contributed by atoms with van der Waals surface area (Å²) in [7, 11) is 0. The van der Waals surface area contributed by atoms with Crippen molar-refractivity contribution in [3.8, 4) is 0 Å². The van der Waals surface area contributed by atoms with Crippen molar-refractivity contribution >= 4 is 16.9 Å². The molecular weight excluding hydrogens is 236 g/mol. The van der Waals surface area contributed by atoms with Gasteiger partial charge < -0.3 is 15.6 Å². The Morgan fingerprint density at radius 2 is 2.21 bits per heavy atom. The van der Waals surface area contributed by atoms with Crippen LogP contribution < -0.4 is 10.6 Å². The molecule has 100 valence electrons. The lowest BCUT2D eigenvalue weighted by atomic mass is 10.2. The summed E-state index contributed by atoms with van der Waals surface area (Å²) < 4.78 is 0. The van der Waals surface area contributed by atoms with Crippen molar-refractivity contribution in [1.82, 2.24) is 15.6 Å². The fraction of sp³-hybridized carbons (Fsp3) is 0.400. The Bertz CT molecular complexity index is 548. The quantitative estimate of drug-likeness (QED) is 0.581. The second-order valence-electron chi connectivity index (χ2n) is 5.00. The van der Waals surface area contributed by atoms with Crippen molar-refractivity contribution in [1.29, 1.82) is 0 Å². The normalized spacial score (nSPS) is 15.7. The molecule has 2 aromatic rings. The van der Waals surface area contributed by atoms with Gasteiger partial charge in [0.15, 0.2) is 5.96 Å². The lowest BCUT2D eigenvalue weighted by molar-refractivity contribution is 0.809. The number of rotatable bonds is 4. The number of hydrogen-bond donors (Lipinski definition) is 3. The van der Waals surface area contributed by atoms with Crippen LogP contribution in [0.2, 0.25) is 0 Å². The summed E-state index contributed by atoms with van der Waals surface area (Å²) in [5, 5.41) is 7.95. The van der Waals surface area contributed by atoms with Crippen LogP contribution in [0.3, 0.4) is 0 Å². The van der Waals surface area contributed by atoms with Gasteiger partial charge in [0.2, 0.25) is 0 Å². The van der Waals surface area contributed by atoms with Crippen LogP contribution in [-0.4, -0.2) is 23.5 Å². The number of hydrogen-bond acceptors (Lipinski definition) is 1. The Labute approximate surface area is 113 Å². The number of H-pyrrole nitrogens is 1. The lowest BCUT2D eigenvalue weighted by Gasteiger charge is -2.09. The van der Waals surface area contributed by atoms with Crippen LogP contribution in [0.15, 0.2) is 35.3 Å². The van der Waals surface area contributed by atoms with Gasteiger partial charge in [-0.25, -0.2) is 4.99 Å². The molecule has 0 amide bonds. The van der Waals surface area contributed by atoms with E-state index in [1.54, 1.807) is 0 Å². The second kappa shape index (κ2) is 5.34. The molecule has 4 nitrogen and oxygen atoms in total.